The Labute approximate surface area is 239 Å². The zero-order valence-electron chi connectivity index (χ0n) is 21.2. The number of thiazole rings is 1. The molecular weight excluding hydrogens is 555 g/mol. The molecule has 0 aliphatic carbocycles. The topological polar surface area (TPSA) is 69.9 Å². The Balaban J connectivity index is 1.47. The lowest BCUT2D eigenvalue weighted by Crippen LogP contribution is -2.39. The number of benzene rings is 3. The molecule has 1 atom stereocenters. The highest BCUT2D eigenvalue weighted by atomic mass is 35.5. The number of rotatable bonds is 7. The highest BCUT2D eigenvalue weighted by Gasteiger charge is 2.33. The van der Waals surface area contributed by atoms with Gasteiger partial charge >= 0.3 is 5.97 Å². The molecule has 6 nitrogen and oxygen atoms in total. The maximum Gasteiger partial charge on any atom is 0.338 e. The van der Waals surface area contributed by atoms with Crippen molar-refractivity contribution in [3.63, 3.8) is 0 Å². The molecule has 0 radical (unpaired) electrons. The van der Waals surface area contributed by atoms with Gasteiger partial charge in [0.15, 0.2) is 4.80 Å². The molecule has 39 heavy (non-hydrogen) atoms. The third-order valence-corrected chi connectivity index (χ3v) is 7.79. The Morgan fingerprint density at radius 1 is 1.08 bits per heavy atom. The SMILES string of the molecule is CCOC(=O)C1=C(C)N=c2s/c(=C/c3ccc(OCc4ccc(Cl)cc4Cl)cc3)c(=O)n2[C@H]1c1ccccc1. The van der Waals surface area contributed by atoms with E-state index in [1.807, 2.05) is 66.7 Å². The van der Waals surface area contributed by atoms with Crippen LogP contribution in [0.2, 0.25) is 10.0 Å². The summed E-state index contributed by atoms with van der Waals surface area (Å²) < 4.78 is 13.3. The normalized spacial score (nSPS) is 15.1. The van der Waals surface area contributed by atoms with Crippen LogP contribution in [0.25, 0.3) is 6.08 Å². The number of allylic oxidation sites excluding steroid dienone is 1. The third kappa shape index (κ3) is 5.71. The van der Waals surface area contributed by atoms with E-state index in [0.717, 1.165) is 16.7 Å². The lowest BCUT2D eigenvalue weighted by Gasteiger charge is -2.24. The lowest BCUT2D eigenvalue weighted by molar-refractivity contribution is -0.139. The van der Waals surface area contributed by atoms with Crippen LogP contribution in [0.4, 0.5) is 0 Å². The summed E-state index contributed by atoms with van der Waals surface area (Å²) >= 11 is 13.5. The van der Waals surface area contributed by atoms with Crippen LogP contribution in [0.3, 0.4) is 0 Å². The molecule has 9 heteroatoms. The molecule has 1 aliphatic rings. The number of carbonyl (C=O) groups is 1. The summed E-state index contributed by atoms with van der Waals surface area (Å²) in [6, 6.07) is 21.5. The Morgan fingerprint density at radius 3 is 2.51 bits per heavy atom. The van der Waals surface area contributed by atoms with Gasteiger partial charge in [0.05, 0.1) is 28.5 Å². The van der Waals surface area contributed by atoms with E-state index in [0.29, 0.717) is 43.0 Å². The van der Waals surface area contributed by atoms with E-state index in [1.165, 1.54) is 11.3 Å². The van der Waals surface area contributed by atoms with E-state index < -0.39 is 12.0 Å². The van der Waals surface area contributed by atoms with Crippen molar-refractivity contribution >= 4 is 46.6 Å². The van der Waals surface area contributed by atoms with Gasteiger partial charge in [-0.05, 0) is 55.3 Å². The molecule has 3 aromatic carbocycles. The van der Waals surface area contributed by atoms with Gasteiger partial charge in [0.2, 0.25) is 0 Å². The Bertz CT molecular complexity index is 1740. The van der Waals surface area contributed by atoms with Crippen molar-refractivity contribution in [3.05, 3.63) is 130 Å². The van der Waals surface area contributed by atoms with Gasteiger partial charge in [-0.1, -0.05) is 83.1 Å². The first-order valence-electron chi connectivity index (χ1n) is 12.3. The van der Waals surface area contributed by atoms with Crippen molar-refractivity contribution in [1.82, 2.24) is 4.57 Å². The zero-order chi connectivity index (χ0) is 27.5. The standard InChI is InChI=1S/C30H24Cl2N2O4S/c1-3-37-29(36)26-18(2)33-30-34(27(26)20-7-5-4-6-8-20)28(35)25(39-30)15-19-9-13-23(14-10-19)38-17-21-11-12-22(31)16-24(21)32/h4-16,27H,3,17H2,1-2H3/b25-15+/t27-/m0/s1. The molecule has 0 spiro atoms. The summed E-state index contributed by atoms with van der Waals surface area (Å²) in [7, 11) is 0. The van der Waals surface area contributed by atoms with Crippen LogP contribution in [0.5, 0.6) is 5.75 Å². The third-order valence-electron chi connectivity index (χ3n) is 6.22. The minimum absolute atomic E-state index is 0.223. The van der Waals surface area contributed by atoms with Crippen LogP contribution in [-0.2, 0) is 16.1 Å². The second-order valence-corrected chi connectivity index (χ2v) is 10.7. The summed E-state index contributed by atoms with van der Waals surface area (Å²) in [4.78, 5) is 31.8. The summed E-state index contributed by atoms with van der Waals surface area (Å²) in [6.45, 7) is 4.06. The number of aromatic nitrogens is 1. The lowest BCUT2D eigenvalue weighted by atomic mass is 9.96. The highest BCUT2D eigenvalue weighted by molar-refractivity contribution is 7.07. The molecule has 1 aliphatic heterocycles. The summed E-state index contributed by atoms with van der Waals surface area (Å²) in [5, 5.41) is 1.12. The second kappa shape index (κ2) is 11.6. The van der Waals surface area contributed by atoms with Crippen LogP contribution in [-0.4, -0.2) is 17.1 Å². The fraction of sp³-hybridized carbons (Fsp3) is 0.167. The number of hydrogen-bond acceptors (Lipinski definition) is 6. The van der Waals surface area contributed by atoms with Crippen LogP contribution in [0, 0.1) is 0 Å². The van der Waals surface area contributed by atoms with E-state index in [4.69, 9.17) is 32.7 Å². The molecule has 0 amide bonds. The largest absolute Gasteiger partial charge is 0.489 e. The zero-order valence-corrected chi connectivity index (χ0v) is 23.5. The number of nitrogens with zero attached hydrogens (tertiary/aromatic N) is 2. The van der Waals surface area contributed by atoms with Crippen molar-refractivity contribution in [2.24, 2.45) is 4.99 Å². The predicted octanol–water partition coefficient (Wildman–Crippen LogP) is 5.68. The molecule has 0 saturated carbocycles. The number of fused-ring (bicyclic) bond motifs is 1. The van der Waals surface area contributed by atoms with Crippen molar-refractivity contribution in [1.29, 1.82) is 0 Å². The maximum atomic E-state index is 13.7. The van der Waals surface area contributed by atoms with Crippen LogP contribution in [0.1, 0.15) is 36.6 Å². The van der Waals surface area contributed by atoms with Gasteiger partial charge in [0, 0.05) is 15.6 Å². The molecule has 0 N–H and O–H groups in total. The van der Waals surface area contributed by atoms with Gasteiger partial charge in [-0.25, -0.2) is 9.79 Å². The predicted molar refractivity (Wildman–Crippen MR) is 154 cm³/mol. The van der Waals surface area contributed by atoms with Gasteiger partial charge in [-0.15, -0.1) is 0 Å². The summed E-state index contributed by atoms with van der Waals surface area (Å²) in [5.41, 5.74) is 3.15. The van der Waals surface area contributed by atoms with E-state index in [1.54, 1.807) is 30.5 Å². The molecule has 2 heterocycles. The first-order valence-corrected chi connectivity index (χ1v) is 13.8. The number of halogens is 2. The molecule has 1 aromatic heterocycles. The minimum atomic E-state index is -0.626. The van der Waals surface area contributed by atoms with E-state index in [9.17, 15) is 9.59 Å². The molecule has 0 saturated heterocycles. The van der Waals surface area contributed by atoms with Crippen LogP contribution >= 0.6 is 34.5 Å². The fourth-order valence-electron chi connectivity index (χ4n) is 4.35. The van der Waals surface area contributed by atoms with Gasteiger partial charge in [-0.3, -0.25) is 9.36 Å². The molecule has 198 valence electrons. The molecule has 4 aromatic rings. The van der Waals surface area contributed by atoms with Crippen molar-refractivity contribution in [2.45, 2.75) is 26.5 Å². The Kier molecular flexibility index (Phi) is 8.02. The molecule has 0 bridgehead atoms. The maximum absolute atomic E-state index is 13.7. The summed E-state index contributed by atoms with van der Waals surface area (Å²) in [5.74, 6) is 0.191. The Hall–Kier alpha value is -3.65. The monoisotopic (exact) mass is 578 g/mol. The van der Waals surface area contributed by atoms with Crippen LogP contribution < -0.4 is 19.6 Å². The fourth-order valence-corrected chi connectivity index (χ4v) is 5.86. The smallest absolute Gasteiger partial charge is 0.338 e. The van der Waals surface area contributed by atoms with E-state index >= 15 is 0 Å². The first-order chi connectivity index (χ1) is 18.9. The number of ether oxygens (including phenoxy) is 2. The molecular formula is C30H24Cl2N2O4S. The van der Waals surface area contributed by atoms with E-state index in [-0.39, 0.29) is 12.2 Å². The number of esters is 1. The quantitative estimate of drug-likeness (QED) is 0.264. The van der Waals surface area contributed by atoms with Gasteiger partial charge < -0.3 is 9.47 Å². The average Bonchev–Trinajstić information content (AvgIpc) is 3.22. The Morgan fingerprint density at radius 2 is 1.82 bits per heavy atom. The van der Waals surface area contributed by atoms with Crippen molar-refractivity contribution in [3.8, 4) is 5.75 Å². The summed E-state index contributed by atoms with van der Waals surface area (Å²) in [6.07, 6.45) is 1.81. The second-order valence-electron chi connectivity index (χ2n) is 8.81. The van der Waals surface area contributed by atoms with Crippen molar-refractivity contribution < 1.29 is 14.3 Å². The first kappa shape index (κ1) is 26.9. The molecule has 0 unspecified atom stereocenters. The highest BCUT2D eigenvalue weighted by Crippen LogP contribution is 2.30. The van der Waals surface area contributed by atoms with E-state index in [2.05, 4.69) is 4.99 Å². The van der Waals surface area contributed by atoms with Crippen molar-refractivity contribution in [2.75, 3.05) is 6.61 Å². The minimum Gasteiger partial charge on any atom is -0.489 e. The van der Waals surface area contributed by atoms with Gasteiger partial charge in [-0.2, -0.15) is 0 Å². The molecule has 0 fully saturated rings. The average molecular weight is 580 g/mol. The number of hydrogen-bond donors (Lipinski definition) is 0. The van der Waals surface area contributed by atoms with Crippen LogP contribution in [0.15, 0.2) is 93.9 Å². The van der Waals surface area contributed by atoms with Gasteiger partial charge in [0.1, 0.15) is 12.4 Å². The van der Waals surface area contributed by atoms with Gasteiger partial charge in [0.25, 0.3) is 5.56 Å². The molecule has 5 rings (SSSR count). The number of carbonyl (C=O) groups excluding carboxylic acids is 1.